The van der Waals surface area contributed by atoms with Gasteiger partial charge in [0.05, 0.1) is 4.92 Å². The first-order valence-electron chi connectivity index (χ1n) is 4.62. The zero-order valence-corrected chi connectivity index (χ0v) is 9.67. The molecule has 0 radical (unpaired) electrons. The monoisotopic (exact) mass is 304 g/mol. The second-order valence-electron chi connectivity index (χ2n) is 3.56. The van der Waals surface area contributed by atoms with Crippen LogP contribution in [0.3, 0.4) is 0 Å². The molecular formula is C9H6ClF5N2O2. The van der Waals surface area contributed by atoms with Crippen molar-refractivity contribution in [1.29, 1.82) is 0 Å². The molecule has 0 heterocycles. The van der Waals surface area contributed by atoms with Gasteiger partial charge in [-0.2, -0.15) is 22.0 Å². The van der Waals surface area contributed by atoms with Gasteiger partial charge < -0.3 is 5.73 Å². The van der Waals surface area contributed by atoms with Gasteiger partial charge in [-0.3, -0.25) is 10.1 Å². The molecular weight excluding hydrogens is 299 g/mol. The number of hydrogen-bond acceptors (Lipinski definition) is 3. The van der Waals surface area contributed by atoms with Crippen molar-refractivity contribution in [2.75, 3.05) is 0 Å². The lowest BCUT2D eigenvalue weighted by molar-refractivity contribution is -0.385. The van der Waals surface area contributed by atoms with E-state index in [9.17, 15) is 32.1 Å². The third-order valence-corrected chi connectivity index (χ3v) is 2.64. The molecule has 0 fully saturated rings. The van der Waals surface area contributed by atoms with Crippen molar-refractivity contribution in [3.8, 4) is 0 Å². The minimum Gasteiger partial charge on any atom is -0.319 e. The molecule has 0 aliphatic carbocycles. The zero-order valence-electron chi connectivity index (χ0n) is 8.92. The number of nitro benzene ring substituents is 1. The van der Waals surface area contributed by atoms with E-state index in [4.69, 9.17) is 17.3 Å². The molecule has 0 aromatic heterocycles. The summed E-state index contributed by atoms with van der Waals surface area (Å²) >= 11 is 5.45. The summed E-state index contributed by atoms with van der Waals surface area (Å²) < 4.78 is 62.5. The highest BCUT2D eigenvalue weighted by atomic mass is 35.5. The van der Waals surface area contributed by atoms with Crippen molar-refractivity contribution >= 4 is 17.3 Å². The van der Waals surface area contributed by atoms with E-state index in [1.807, 2.05) is 0 Å². The van der Waals surface area contributed by atoms with Crippen molar-refractivity contribution in [3.63, 3.8) is 0 Å². The minimum atomic E-state index is -5.89. The van der Waals surface area contributed by atoms with Crippen LogP contribution in [0, 0.1) is 10.1 Å². The van der Waals surface area contributed by atoms with Crippen LogP contribution >= 0.6 is 11.6 Å². The second-order valence-corrected chi connectivity index (χ2v) is 3.97. The summed E-state index contributed by atoms with van der Waals surface area (Å²) in [7, 11) is 0. The molecule has 1 aromatic rings. The fourth-order valence-corrected chi connectivity index (χ4v) is 1.49. The number of halogens is 6. The average molecular weight is 305 g/mol. The molecule has 2 N–H and O–H groups in total. The summed E-state index contributed by atoms with van der Waals surface area (Å²) in [6.07, 6.45) is -5.89. The fraction of sp³-hybridized carbons (Fsp3) is 0.333. The molecule has 0 unspecified atom stereocenters. The molecule has 10 heteroatoms. The first-order valence-corrected chi connectivity index (χ1v) is 5.00. The summed E-state index contributed by atoms with van der Waals surface area (Å²) in [6, 6.07) is -0.641. The molecule has 1 atom stereocenters. The molecule has 4 nitrogen and oxygen atoms in total. The maximum atomic E-state index is 13.0. The molecule has 0 saturated heterocycles. The van der Waals surface area contributed by atoms with E-state index in [0.717, 1.165) is 12.1 Å². The maximum absolute atomic E-state index is 13.0. The summed E-state index contributed by atoms with van der Waals surface area (Å²) in [4.78, 5) is 9.49. The van der Waals surface area contributed by atoms with Gasteiger partial charge in [0.25, 0.3) is 5.69 Å². The topological polar surface area (TPSA) is 69.2 Å². The van der Waals surface area contributed by atoms with E-state index < -0.39 is 39.3 Å². The number of hydrogen-bond donors (Lipinski definition) is 1. The van der Waals surface area contributed by atoms with Crippen molar-refractivity contribution in [1.82, 2.24) is 0 Å². The molecule has 0 aliphatic rings. The first-order chi connectivity index (χ1) is 8.48. The second kappa shape index (κ2) is 4.89. The molecule has 0 bridgehead atoms. The number of nitro groups is 1. The molecule has 1 rings (SSSR count). The quantitative estimate of drug-likeness (QED) is 0.528. The Labute approximate surface area is 108 Å². The highest BCUT2D eigenvalue weighted by Crippen LogP contribution is 2.45. The number of benzene rings is 1. The van der Waals surface area contributed by atoms with Gasteiger partial charge in [0.2, 0.25) is 0 Å². The van der Waals surface area contributed by atoms with Gasteiger partial charge in [-0.1, -0.05) is 11.6 Å². The highest BCUT2D eigenvalue weighted by Gasteiger charge is 2.62. The van der Waals surface area contributed by atoms with Crippen molar-refractivity contribution in [2.24, 2.45) is 5.73 Å². The Balaban J connectivity index is 3.30. The van der Waals surface area contributed by atoms with E-state index in [1.165, 1.54) is 0 Å². The lowest BCUT2D eigenvalue weighted by Crippen LogP contribution is -2.45. The van der Waals surface area contributed by atoms with Crippen molar-refractivity contribution in [2.45, 2.75) is 18.1 Å². The third-order valence-electron chi connectivity index (χ3n) is 2.29. The average Bonchev–Trinajstić information content (AvgIpc) is 2.26. The van der Waals surface area contributed by atoms with E-state index in [0.29, 0.717) is 6.07 Å². The van der Waals surface area contributed by atoms with Gasteiger partial charge in [-0.15, -0.1) is 0 Å². The van der Waals surface area contributed by atoms with E-state index >= 15 is 0 Å². The normalized spacial score (nSPS) is 14.3. The molecule has 106 valence electrons. The number of nitrogens with two attached hydrogens (primary N) is 1. The summed E-state index contributed by atoms with van der Waals surface area (Å²) in [5.74, 6) is -5.26. The van der Waals surface area contributed by atoms with Gasteiger partial charge in [0.15, 0.2) is 0 Å². The lowest BCUT2D eigenvalue weighted by atomic mass is 10.0. The predicted molar refractivity (Wildman–Crippen MR) is 56.0 cm³/mol. The number of nitrogens with zero attached hydrogens (tertiary/aromatic N) is 1. The molecule has 0 saturated carbocycles. The van der Waals surface area contributed by atoms with Crippen LogP contribution in [0.15, 0.2) is 18.2 Å². The fourth-order valence-electron chi connectivity index (χ4n) is 1.25. The third kappa shape index (κ3) is 2.92. The number of alkyl halides is 5. The molecule has 1 aromatic carbocycles. The van der Waals surface area contributed by atoms with Crippen molar-refractivity contribution in [3.05, 3.63) is 38.9 Å². The Kier molecular flexibility index (Phi) is 4.01. The van der Waals surface area contributed by atoms with E-state index in [-0.39, 0.29) is 0 Å². The zero-order chi connectivity index (χ0) is 15.0. The van der Waals surface area contributed by atoms with Crippen LogP contribution in [0.5, 0.6) is 0 Å². The Bertz CT molecular complexity index is 506. The Morgan fingerprint density at radius 2 is 1.79 bits per heavy atom. The predicted octanol–water partition coefficient (Wildman–Crippen LogP) is 3.45. The van der Waals surface area contributed by atoms with Crippen LogP contribution < -0.4 is 5.73 Å². The van der Waals surface area contributed by atoms with Crippen LogP contribution in [-0.4, -0.2) is 17.0 Å². The van der Waals surface area contributed by atoms with Crippen LogP contribution in [-0.2, 0) is 0 Å². The molecule has 19 heavy (non-hydrogen) atoms. The maximum Gasteiger partial charge on any atom is 0.455 e. The van der Waals surface area contributed by atoms with Crippen LogP contribution in [0.25, 0.3) is 0 Å². The van der Waals surface area contributed by atoms with Crippen LogP contribution in [0.2, 0.25) is 5.02 Å². The van der Waals surface area contributed by atoms with Gasteiger partial charge in [-0.05, 0) is 6.07 Å². The summed E-state index contributed by atoms with van der Waals surface area (Å²) in [5.41, 5.74) is 3.32. The van der Waals surface area contributed by atoms with Gasteiger partial charge in [-0.25, -0.2) is 0 Å². The van der Waals surface area contributed by atoms with Gasteiger partial charge in [0.1, 0.15) is 6.04 Å². The lowest BCUT2D eigenvalue weighted by Gasteiger charge is -2.26. The molecule has 0 amide bonds. The molecule has 0 aliphatic heterocycles. The van der Waals surface area contributed by atoms with E-state index in [1.54, 1.807) is 0 Å². The standard InChI is InChI=1S/C9H6ClF5N2O2/c10-6-2-1-4(17(18)19)3-5(6)7(16)8(11,12)9(13,14)15/h1-3,7H,16H2/t7-/m0/s1. The van der Waals surface area contributed by atoms with Crippen molar-refractivity contribution < 1.29 is 26.9 Å². The van der Waals surface area contributed by atoms with Gasteiger partial charge >= 0.3 is 12.1 Å². The van der Waals surface area contributed by atoms with Crippen LogP contribution in [0.4, 0.5) is 27.6 Å². The van der Waals surface area contributed by atoms with Crippen LogP contribution in [0.1, 0.15) is 11.6 Å². The molecule has 0 spiro atoms. The Morgan fingerprint density at radius 3 is 2.21 bits per heavy atom. The number of non-ortho nitro benzene ring substituents is 1. The van der Waals surface area contributed by atoms with E-state index in [2.05, 4.69) is 0 Å². The minimum absolute atomic E-state index is 0.493. The highest BCUT2D eigenvalue weighted by molar-refractivity contribution is 6.31. The summed E-state index contributed by atoms with van der Waals surface area (Å²) in [5, 5.41) is 9.93. The van der Waals surface area contributed by atoms with Gasteiger partial charge in [0, 0.05) is 22.7 Å². The number of rotatable bonds is 3. The SMILES string of the molecule is N[C@@H](c1cc([N+](=O)[O-])ccc1Cl)C(F)(F)C(F)(F)F. The largest absolute Gasteiger partial charge is 0.455 e. The smallest absolute Gasteiger partial charge is 0.319 e. The Hall–Kier alpha value is -1.48. The summed E-state index contributed by atoms with van der Waals surface area (Å²) in [6.45, 7) is 0. The Morgan fingerprint density at radius 1 is 1.26 bits per heavy atom. The first kappa shape index (κ1) is 15.6.